The molecule has 2 heterocycles. The number of ether oxygens (including phenoxy) is 1. The van der Waals surface area contributed by atoms with Crippen LogP contribution < -0.4 is 4.74 Å². The molecule has 7 nitrogen and oxygen atoms in total. The van der Waals surface area contributed by atoms with Crippen molar-refractivity contribution in [3.8, 4) is 11.6 Å². The van der Waals surface area contributed by atoms with Crippen LogP contribution in [0, 0.1) is 11.6 Å². The average Bonchev–Trinajstić information content (AvgIpc) is 2.95. The van der Waals surface area contributed by atoms with E-state index in [-0.39, 0.29) is 28.3 Å². The number of benzene rings is 2. The van der Waals surface area contributed by atoms with Crippen molar-refractivity contribution in [3.05, 3.63) is 89.1 Å². The van der Waals surface area contributed by atoms with Crippen LogP contribution in [0.2, 0.25) is 0 Å². The predicted molar refractivity (Wildman–Crippen MR) is 93.0 cm³/mol. The van der Waals surface area contributed by atoms with Gasteiger partial charge in [0.05, 0.1) is 16.7 Å². The predicted octanol–water partition coefficient (Wildman–Crippen LogP) is 3.52. The minimum atomic E-state index is -1.02. The van der Waals surface area contributed by atoms with E-state index < -0.39 is 29.4 Å². The molecule has 0 N–H and O–H groups in total. The van der Waals surface area contributed by atoms with Crippen LogP contribution in [-0.4, -0.2) is 27.8 Å². The molecule has 0 unspecified atom stereocenters. The first-order chi connectivity index (χ1) is 13.9. The number of amides is 2. The van der Waals surface area contributed by atoms with Gasteiger partial charge in [-0.15, -0.1) is 0 Å². The SMILES string of the molecule is O=C(ON1C(=O)c2ccccc2C1=O)c1ccnc(Oc2ccc(F)cc2F)c1. The molecule has 1 aliphatic rings. The minimum Gasteiger partial charge on any atom is -0.436 e. The van der Waals surface area contributed by atoms with Gasteiger partial charge >= 0.3 is 5.97 Å². The summed E-state index contributed by atoms with van der Waals surface area (Å²) in [5.41, 5.74) is 0.140. The molecule has 2 amide bonds. The highest BCUT2D eigenvalue weighted by Crippen LogP contribution is 2.26. The highest BCUT2D eigenvalue weighted by molar-refractivity contribution is 6.21. The summed E-state index contributed by atoms with van der Waals surface area (Å²) in [6.45, 7) is 0. The van der Waals surface area contributed by atoms with Crippen molar-refractivity contribution < 1.29 is 32.7 Å². The Morgan fingerprint density at radius 1 is 0.931 bits per heavy atom. The number of carbonyl (C=O) groups is 3. The van der Waals surface area contributed by atoms with Crippen LogP contribution in [0.5, 0.6) is 11.6 Å². The second-order valence-corrected chi connectivity index (χ2v) is 5.89. The summed E-state index contributed by atoms with van der Waals surface area (Å²) in [7, 11) is 0. The number of fused-ring (bicyclic) bond motifs is 1. The summed E-state index contributed by atoms with van der Waals surface area (Å²) in [6.07, 6.45) is 1.19. The lowest BCUT2D eigenvalue weighted by Crippen LogP contribution is -2.32. The van der Waals surface area contributed by atoms with Crippen LogP contribution in [0.4, 0.5) is 8.78 Å². The van der Waals surface area contributed by atoms with E-state index in [1.54, 1.807) is 12.1 Å². The molecule has 0 bridgehead atoms. The Hall–Kier alpha value is -4.14. The van der Waals surface area contributed by atoms with Crippen molar-refractivity contribution in [2.24, 2.45) is 0 Å². The third-order valence-electron chi connectivity index (χ3n) is 4.01. The molecule has 144 valence electrons. The van der Waals surface area contributed by atoms with E-state index in [1.807, 2.05) is 0 Å². The van der Waals surface area contributed by atoms with Gasteiger partial charge in [-0.05, 0) is 30.3 Å². The normalized spacial score (nSPS) is 12.7. The molecule has 3 aromatic rings. The van der Waals surface area contributed by atoms with Gasteiger partial charge in [-0.3, -0.25) is 9.59 Å². The van der Waals surface area contributed by atoms with E-state index in [9.17, 15) is 23.2 Å². The van der Waals surface area contributed by atoms with Gasteiger partial charge in [0.1, 0.15) is 5.82 Å². The lowest BCUT2D eigenvalue weighted by atomic mass is 10.1. The number of imide groups is 1. The number of rotatable bonds is 4. The van der Waals surface area contributed by atoms with Crippen molar-refractivity contribution in [2.75, 3.05) is 0 Å². The maximum atomic E-state index is 13.7. The third-order valence-corrected chi connectivity index (χ3v) is 4.01. The summed E-state index contributed by atoms with van der Waals surface area (Å²) in [4.78, 5) is 45.7. The Morgan fingerprint density at radius 2 is 1.62 bits per heavy atom. The summed E-state index contributed by atoms with van der Waals surface area (Å²) in [5.74, 6) is -4.76. The molecule has 0 saturated heterocycles. The molecule has 0 atom stereocenters. The van der Waals surface area contributed by atoms with E-state index in [0.29, 0.717) is 11.1 Å². The number of hydrogen-bond donors (Lipinski definition) is 0. The molecule has 1 aromatic heterocycles. The van der Waals surface area contributed by atoms with Crippen molar-refractivity contribution in [3.63, 3.8) is 0 Å². The monoisotopic (exact) mass is 396 g/mol. The fourth-order valence-corrected chi connectivity index (χ4v) is 2.65. The number of halogens is 2. The number of carbonyl (C=O) groups excluding carboxylic acids is 3. The number of aromatic nitrogens is 1. The lowest BCUT2D eigenvalue weighted by Gasteiger charge is -2.13. The van der Waals surface area contributed by atoms with Crippen LogP contribution in [0.3, 0.4) is 0 Å². The zero-order valence-corrected chi connectivity index (χ0v) is 14.5. The fourth-order valence-electron chi connectivity index (χ4n) is 2.65. The molecule has 2 aromatic carbocycles. The lowest BCUT2D eigenvalue weighted by molar-refractivity contribution is -0.0584. The molecule has 1 aliphatic heterocycles. The van der Waals surface area contributed by atoms with Gasteiger partial charge in [0.2, 0.25) is 5.88 Å². The summed E-state index contributed by atoms with van der Waals surface area (Å²) in [6, 6.07) is 11.1. The molecule has 4 rings (SSSR count). The molecule has 0 spiro atoms. The first-order valence-electron chi connectivity index (χ1n) is 8.23. The van der Waals surface area contributed by atoms with Gasteiger partial charge < -0.3 is 9.57 Å². The molecule has 9 heteroatoms. The highest BCUT2D eigenvalue weighted by Gasteiger charge is 2.38. The Bertz CT molecular complexity index is 1130. The zero-order valence-electron chi connectivity index (χ0n) is 14.5. The topological polar surface area (TPSA) is 85.8 Å². The third kappa shape index (κ3) is 3.41. The molecular formula is C20H10F2N2O5. The fraction of sp³-hybridized carbons (Fsp3) is 0. The van der Waals surface area contributed by atoms with E-state index in [1.165, 1.54) is 24.4 Å². The number of hydroxylamine groups is 2. The van der Waals surface area contributed by atoms with Gasteiger partial charge in [-0.25, -0.2) is 18.6 Å². The summed E-state index contributed by atoms with van der Waals surface area (Å²) in [5, 5.41) is 0.369. The van der Waals surface area contributed by atoms with Crippen molar-refractivity contribution in [1.29, 1.82) is 0 Å². The van der Waals surface area contributed by atoms with Crippen molar-refractivity contribution >= 4 is 17.8 Å². The quantitative estimate of drug-likeness (QED) is 0.628. The summed E-state index contributed by atoms with van der Waals surface area (Å²) >= 11 is 0. The Morgan fingerprint density at radius 3 is 2.28 bits per heavy atom. The van der Waals surface area contributed by atoms with Crippen LogP contribution in [0.1, 0.15) is 31.1 Å². The van der Waals surface area contributed by atoms with Crippen molar-refractivity contribution in [1.82, 2.24) is 10.0 Å². The number of nitrogens with zero attached hydrogens (tertiary/aromatic N) is 2. The van der Waals surface area contributed by atoms with Crippen molar-refractivity contribution in [2.45, 2.75) is 0 Å². The van der Waals surface area contributed by atoms with Gasteiger partial charge in [0.15, 0.2) is 11.6 Å². The highest BCUT2D eigenvalue weighted by atomic mass is 19.1. The number of pyridine rings is 1. The van der Waals surface area contributed by atoms with Gasteiger partial charge in [-0.2, -0.15) is 0 Å². The second-order valence-electron chi connectivity index (χ2n) is 5.89. The second kappa shape index (κ2) is 7.12. The molecule has 0 fully saturated rings. The Balaban J connectivity index is 1.52. The number of hydrogen-bond acceptors (Lipinski definition) is 6. The molecule has 29 heavy (non-hydrogen) atoms. The molecule has 0 aliphatic carbocycles. The van der Waals surface area contributed by atoms with E-state index in [2.05, 4.69) is 4.98 Å². The first kappa shape index (κ1) is 18.2. The average molecular weight is 396 g/mol. The largest absolute Gasteiger partial charge is 0.436 e. The maximum Gasteiger partial charge on any atom is 0.364 e. The minimum absolute atomic E-state index is 0.103. The van der Waals surface area contributed by atoms with Crippen LogP contribution in [-0.2, 0) is 4.84 Å². The molecule has 0 saturated carbocycles. The standard InChI is InChI=1S/C20H10F2N2O5/c21-12-5-6-16(15(22)10-12)28-17-9-11(7-8-23-17)20(27)29-24-18(25)13-3-1-2-4-14(13)19(24)26/h1-10H. The van der Waals surface area contributed by atoms with E-state index in [4.69, 9.17) is 9.57 Å². The zero-order chi connectivity index (χ0) is 20.5. The van der Waals surface area contributed by atoms with E-state index >= 15 is 0 Å². The van der Waals surface area contributed by atoms with Gasteiger partial charge in [0.25, 0.3) is 11.8 Å². The Labute approximate surface area is 162 Å². The van der Waals surface area contributed by atoms with E-state index in [0.717, 1.165) is 18.2 Å². The summed E-state index contributed by atoms with van der Waals surface area (Å²) < 4.78 is 31.9. The van der Waals surface area contributed by atoms with Crippen LogP contribution >= 0.6 is 0 Å². The van der Waals surface area contributed by atoms with Gasteiger partial charge in [-0.1, -0.05) is 17.2 Å². The van der Waals surface area contributed by atoms with Crippen LogP contribution in [0.15, 0.2) is 60.8 Å². The van der Waals surface area contributed by atoms with Crippen LogP contribution in [0.25, 0.3) is 0 Å². The maximum absolute atomic E-state index is 13.7. The Kier molecular flexibility index (Phi) is 4.47. The molecule has 0 radical (unpaired) electrons. The smallest absolute Gasteiger partial charge is 0.364 e. The molecular weight excluding hydrogens is 386 g/mol. The first-order valence-corrected chi connectivity index (χ1v) is 8.23. The van der Waals surface area contributed by atoms with Gasteiger partial charge in [0, 0.05) is 18.3 Å².